The lowest BCUT2D eigenvalue weighted by molar-refractivity contribution is 0.0945. The van der Waals surface area contributed by atoms with Gasteiger partial charge >= 0.3 is 0 Å². The van der Waals surface area contributed by atoms with Gasteiger partial charge in [0.25, 0.3) is 15.9 Å². The summed E-state index contributed by atoms with van der Waals surface area (Å²) in [7, 11) is -3.85. The number of hydrazine groups is 1. The van der Waals surface area contributed by atoms with Gasteiger partial charge in [-0.05, 0) is 51.2 Å². The molecule has 0 spiro atoms. The van der Waals surface area contributed by atoms with Crippen LogP contribution in [0.1, 0.15) is 36.7 Å². The minimum absolute atomic E-state index is 0.0177. The van der Waals surface area contributed by atoms with Gasteiger partial charge in [-0.3, -0.25) is 10.2 Å². The van der Waals surface area contributed by atoms with Crippen molar-refractivity contribution in [1.29, 1.82) is 0 Å². The lowest BCUT2D eigenvalue weighted by Crippen LogP contribution is -2.41. The number of amides is 1. The number of halogens is 1. The summed E-state index contributed by atoms with van der Waals surface area (Å²) < 4.78 is 24.9. The maximum atomic E-state index is 12.2. The summed E-state index contributed by atoms with van der Waals surface area (Å²) >= 11 is 3.18. The molecule has 0 aliphatic rings. The number of rotatable bonds is 4. The molecule has 0 radical (unpaired) electrons. The van der Waals surface area contributed by atoms with Crippen LogP contribution in [-0.4, -0.2) is 14.3 Å². The molecular formula is C17H19BrN2O3S. The summed E-state index contributed by atoms with van der Waals surface area (Å²) in [6, 6.07) is 13.4. The van der Waals surface area contributed by atoms with E-state index >= 15 is 0 Å². The molecule has 2 aromatic carbocycles. The predicted molar refractivity (Wildman–Crippen MR) is 97.1 cm³/mol. The van der Waals surface area contributed by atoms with Crippen molar-refractivity contribution in [1.82, 2.24) is 10.3 Å². The highest BCUT2D eigenvalue weighted by molar-refractivity contribution is 9.10. The van der Waals surface area contributed by atoms with E-state index in [4.69, 9.17) is 0 Å². The number of carbonyl (C=O) groups is 1. The van der Waals surface area contributed by atoms with E-state index in [-0.39, 0.29) is 10.3 Å². The monoisotopic (exact) mass is 410 g/mol. The standard InChI is InChI=1S/C17H19BrN2O3S/c1-17(2,3)13-10-8-12(9-11-13)16(21)19-20-24(22,23)15-7-5-4-6-14(15)18/h4-11,20H,1-3H3,(H,19,21). The van der Waals surface area contributed by atoms with Crippen molar-refractivity contribution >= 4 is 31.9 Å². The number of hydrogen-bond acceptors (Lipinski definition) is 3. The molecule has 2 N–H and O–H groups in total. The van der Waals surface area contributed by atoms with E-state index in [1.807, 2.05) is 12.1 Å². The number of benzene rings is 2. The van der Waals surface area contributed by atoms with Crippen LogP contribution in [0.3, 0.4) is 0 Å². The van der Waals surface area contributed by atoms with Crippen LogP contribution < -0.4 is 10.3 Å². The first-order chi connectivity index (χ1) is 11.1. The molecule has 24 heavy (non-hydrogen) atoms. The van der Waals surface area contributed by atoms with E-state index in [1.165, 1.54) is 6.07 Å². The molecule has 0 heterocycles. The molecule has 1 amide bonds. The molecule has 0 aliphatic carbocycles. The van der Waals surface area contributed by atoms with Crippen LogP contribution in [0, 0.1) is 0 Å². The first-order valence-electron chi connectivity index (χ1n) is 7.28. The van der Waals surface area contributed by atoms with Crippen LogP contribution in [0.25, 0.3) is 0 Å². The smallest absolute Gasteiger partial charge is 0.266 e. The molecule has 0 bridgehead atoms. The summed E-state index contributed by atoms with van der Waals surface area (Å²) in [5.41, 5.74) is 3.67. The van der Waals surface area contributed by atoms with Crippen molar-refractivity contribution < 1.29 is 13.2 Å². The third-order valence-corrected chi connectivity index (χ3v) is 5.70. The number of carbonyl (C=O) groups excluding carboxylic acids is 1. The third kappa shape index (κ3) is 4.43. The highest BCUT2D eigenvalue weighted by atomic mass is 79.9. The Morgan fingerprint density at radius 3 is 2.12 bits per heavy atom. The molecule has 2 aromatic rings. The van der Waals surface area contributed by atoms with Crippen molar-refractivity contribution in [2.24, 2.45) is 0 Å². The topological polar surface area (TPSA) is 75.3 Å². The molecule has 7 heteroatoms. The average molecular weight is 411 g/mol. The molecule has 0 fully saturated rings. The molecule has 0 saturated heterocycles. The molecule has 0 aromatic heterocycles. The first-order valence-corrected chi connectivity index (χ1v) is 9.56. The maximum Gasteiger partial charge on any atom is 0.266 e. The third-order valence-electron chi connectivity index (χ3n) is 3.44. The second-order valence-corrected chi connectivity index (χ2v) is 8.82. The SMILES string of the molecule is CC(C)(C)c1ccc(C(=O)NNS(=O)(=O)c2ccccc2Br)cc1. The van der Waals surface area contributed by atoms with Crippen molar-refractivity contribution in [2.45, 2.75) is 31.1 Å². The highest BCUT2D eigenvalue weighted by Crippen LogP contribution is 2.22. The van der Waals surface area contributed by atoms with E-state index < -0.39 is 15.9 Å². The number of nitrogens with one attached hydrogen (secondary N) is 2. The lowest BCUT2D eigenvalue weighted by Gasteiger charge is -2.19. The largest absolute Gasteiger partial charge is 0.273 e. The summed E-state index contributed by atoms with van der Waals surface area (Å²) in [6.45, 7) is 6.23. The Kier molecular flexibility index (Phi) is 5.47. The summed E-state index contributed by atoms with van der Waals surface area (Å²) in [4.78, 5) is 14.3. The Labute approximate surface area is 150 Å². The number of sulfonamides is 1. The molecule has 5 nitrogen and oxygen atoms in total. The van der Waals surface area contributed by atoms with Gasteiger partial charge in [0.05, 0.1) is 4.90 Å². The summed E-state index contributed by atoms with van der Waals surface area (Å²) in [5.74, 6) is -0.522. The predicted octanol–water partition coefficient (Wildman–Crippen LogP) is 3.37. The molecule has 0 atom stereocenters. The van der Waals surface area contributed by atoms with Gasteiger partial charge in [0.2, 0.25) is 0 Å². The fourth-order valence-electron chi connectivity index (χ4n) is 2.02. The van der Waals surface area contributed by atoms with Gasteiger partial charge < -0.3 is 0 Å². The summed E-state index contributed by atoms with van der Waals surface area (Å²) in [5, 5.41) is 0. The van der Waals surface area contributed by atoms with Crippen LogP contribution in [-0.2, 0) is 15.4 Å². The quantitative estimate of drug-likeness (QED) is 0.758. The minimum atomic E-state index is -3.85. The molecular weight excluding hydrogens is 392 g/mol. The fourth-order valence-corrected chi connectivity index (χ4v) is 3.87. The van der Waals surface area contributed by atoms with Gasteiger partial charge in [0.1, 0.15) is 0 Å². The molecule has 0 aliphatic heterocycles. The Hall–Kier alpha value is -1.70. The van der Waals surface area contributed by atoms with Crippen molar-refractivity contribution in [3.63, 3.8) is 0 Å². The van der Waals surface area contributed by atoms with Crippen molar-refractivity contribution in [3.8, 4) is 0 Å². The van der Waals surface area contributed by atoms with Gasteiger partial charge in [-0.2, -0.15) is 0 Å². The van der Waals surface area contributed by atoms with Crippen molar-refractivity contribution in [3.05, 3.63) is 64.1 Å². The van der Waals surface area contributed by atoms with Crippen LogP contribution in [0.5, 0.6) is 0 Å². The average Bonchev–Trinajstić information content (AvgIpc) is 2.52. The van der Waals surface area contributed by atoms with E-state index in [2.05, 4.69) is 47.0 Å². The highest BCUT2D eigenvalue weighted by Gasteiger charge is 2.19. The van der Waals surface area contributed by atoms with Gasteiger partial charge in [-0.15, -0.1) is 4.83 Å². The van der Waals surface area contributed by atoms with E-state index in [1.54, 1.807) is 30.3 Å². The Bertz CT molecular complexity index is 841. The van der Waals surface area contributed by atoms with Crippen LogP contribution in [0.2, 0.25) is 0 Å². The zero-order chi connectivity index (χ0) is 18.0. The van der Waals surface area contributed by atoms with Gasteiger partial charge in [0, 0.05) is 10.0 Å². The van der Waals surface area contributed by atoms with Gasteiger partial charge in [-0.25, -0.2) is 8.42 Å². The molecule has 0 saturated carbocycles. The molecule has 2 rings (SSSR count). The lowest BCUT2D eigenvalue weighted by atomic mass is 9.87. The van der Waals surface area contributed by atoms with Crippen molar-refractivity contribution in [2.75, 3.05) is 0 Å². The van der Waals surface area contributed by atoms with E-state index in [0.29, 0.717) is 10.0 Å². The second kappa shape index (κ2) is 7.04. The van der Waals surface area contributed by atoms with Crippen LogP contribution in [0.15, 0.2) is 57.9 Å². The second-order valence-electron chi connectivity index (χ2n) is 6.32. The zero-order valence-electron chi connectivity index (χ0n) is 13.6. The Morgan fingerprint density at radius 2 is 1.58 bits per heavy atom. The summed E-state index contributed by atoms with van der Waals surface area (Å²) in [6.07, 6.45) is 0. The number of hydrogen-bond donors (Lipinski definition) is 2. The van der Waals surface area contributed by atoms with Gasteiger partial charge in [-0.1, -0.05) is 45.0 Å². The maximum absolute atomic E-state index is 12.2. The fraction of sp³-hybridized carbons (Fsp3) is 0.235. The molecule has 128 valence electrons. The molecule has 0 unspecified atom stereocenters. The normalized spacial score (nSPS) is 12.0. The zero-order valence-corrected chi connectivity index (χ0v) is 16.0. The van der Waals surface area contributed by atoms with Crippen LogP contribution in [0.4, 0.5) is 0 Å². The first kappa shape index (κ1) is 18.6. The Morgan fingerprint density at radius 1 is 1.00 bits per heavy atom. The van der Waals surface area contributed by atoms with E-state index in [0.717, 1.165) is 5.56 Å². The van der Waals surface area contributed by atoms with Gasteiger partial charge in [0.15, 0.2) is 0 Å². The minimum Gasteiger partial charge on any atom is -0.273 e. The van der Waals surface area contributed by atoms with Crippen LogP contribution >= 0.6 is 15.9 Å². The van der Waals surface area contributed by atoms with E-state index in [9.17, 15) is 13.2 Å². The Balaban J connectivity index is 2.09.